The molecule has 0 amide bonds. The van der Waals surface area contributed by atoms with Gasteiger partial charge in [0.2, 0.25) is 5.88 Å². The monoisotopic (exact) mass is 435 g/mol. The first-order valence-electron chi connectivity index (χ1n) is 8.95. The number of rotatable bonds is 7. The molecular weight excluding hydrogens is 414 g/mol. The maximum Gasteiger partial charge on any atom is 0.331 e. The number of aryl methyl sites for hydroxylation is 1. The number of nitrogens with one attached hydrogen (secondary N) is 1. The first-order chi connectivity index (χ1) is 14.2. The first-order valence-corrected chi connectivity index (χ1v) is 10.7. The fourth-order valence-corrected chi connectivity index (χ4v) is 4.20. The van der Waals surface area contributed by atoms with Crippen LogP contribution in [0.2, 0.25) is 0 Å². The molecule has 0 radical (unpaired) electrons. The highest BCUT2D eigenvalue weighted by Crippen LogP contribution is 2.27. The maximum absolute atomic E-state index is 12.2. The Morgan fingerprint density at radius 1 is 1.27 bits per heavy atom. The van der Waals surface area contributed by atoms with Crippen LogP contribution in [-0.2, 0) is 22.8 Å². The van der Waals surface area contributed by atoms with Crippen LogP contribution in [0.3, 0.4) is 0 Å². The maximum atomic E-state index is 12.2. The van der Waals surface area contributed by atoms with Gasteiger partial charge >= 0.3 is 5.69 Å². The Morgan fingerprint density at radius 2 is 2.00 bits per heavy atom. The lowest BCUT2D eigenvalue weighted by molar-refractivity contribution is 0.354. The molecule has 1 atom stereocenters. The van der Waals surface area contributed by atoms with Crippen LogP contribution in [0.1, 0.15) is 11.1 Å². The highest BCUT2D eigenvalue weighted by molar-refractivity contribution is 7.94. The van der Waals surface area contributed by atoms with E-state index in [2.05, 4.69) is 9.98 Å². The van der Waals surface area contributed by atoms with Crippen molar-refractivity contribution in [2.45, 2.75) is 19.0 Å². The molecule has 1 unspecified atom stereocenters. The van der Waals surface area contributed by atoms with E-state index in [0.29, 0.717) is 17.9 Å². The van der Waals surface area contributed by atoms with Crippen LogP contribution < -0.4 is 20.7 Å². The van der Waals surface area contributed by atoms with Crippen molar-refractivity contribution in [3.05, 3.63) is 61.6 Å². The number of sulfone groups is 1. The topological polar surface area (TPSA) is 140 Å². The zero-order chi connectivity index (χ0) is 21.9. The normalized spacial score (nSPS) is 17.5. The third-order valence-corrected chi connectivity index (χ3v) is 5.96. The van der Waals surface area contributed by atoms with E-state index in [1.807, 2.05) is 0 Å². The van der Waals surface area contributed by atoms with Crippen LogP contribution in [-0.4, -0.2) is 55.3 Å². The molecular formula is C19H21N3O7S. The summed E-state index contributed by atoms with van der Waals surface area (Å²) in [7, 11) is -0.269. The number of ether oxygens (including phenoxy) is 2. The lowest BCUT2D eigenvalue weighted by Gasteiger charge is -2.12. The Labute approximate surface area is 172 Å². The van der Waals surface area contributed by atoms with E-state index >= 15 is 0 Å². The van der Waals surface area contributed by atoms with Gasteiger partial charge in [0.1, 0.15) is 5.56 Å². The minimum Gasteiger partial charge on any atom is -0.494 e. The second-order valence-corrected chi connectivity index (χ2v) is 8.52. The summed E-state index contributed by atoms with van der Waals surface area (Å²) in [6.07, 6.45) is 2.83. The van der Waals surface area contributed by atoms with Gasteiger partial charge in [-0.2, -0.15) is 0 Å². The Morgan fingerprint density at radius 3 is 2.63 bits per heavy atom. The number of aliphatic imine (C=N–C) groups is 1. The van der Waals surface area contributed by atoms with E-state index in [1.165, 1.54) is 20.3 Å². The number of aromatic amines is 1. The summed E-state index contributed by atoms with van der Waals surface area (Å²) in [4.78, 5) is 30.4. The quantitative estimate of drug-likeness (QED) is 0.593. The van der Waals surface area contributed by atoms with Crippen molar-refractivity contribution >= 4 is 16.1 Å². The second-order valence-electron chi connectivity index (χ2n) is 6.59. The van der Waals surface area contributed by atoms with Gasteiger partial charge in [0.25, 0.3) is 5.56 Å². The van der Waals surface area contributed by atoms with E-state index in [1.54, 1.807) is 18.2 Å². The molecule has 10 nitrogen and oxygen atoms in total. The Bertz CT molecular complexity index is 1230. The average Bonchev–Trinajstić information content (AvgIpc) is 3.05. The SMILES string of the molecule is COc1ccc(CCn2c(O)c(C=NC3C=CS(=O)(=O)C3)c(=O)[nH]c2=O)cc1OC. The van der Waals surface area contributed by atoms with Gasteiger partial charge in [0.05, 0.1) is 26.0 Å². The van der Waals surface area contributed by atoms with Crippen molar-refractivity contribution in [2.75, 3.05) is 20.0 Å². The van der Waals surface area contributed by atoms with Gasteiger partial charge in [-0.25, -0.2) is 13.2 Å². The summed E-state index contributed by atoms with van der Waals surface area (Å²) < 4.78 is 34.4. The first kappa shape index (κ1) is 21.4. The molecule has 0 saturated carbocycles. The largest absolute Gasteiger partial charge is 0.494 e. The van der Waals surface area contributed by atoms with E-state index < -0.39 is 33.0 Å². The Hall–Kier alpha value is -3.34. The number of methoxy groups -OCH3 is 2. The van der Waals surface area contributed by atoms with Gasteiger partial charge < -0.3 is 14.6 Å². The zero-order valence-corrected chi connectivity index (χ0v) is 17.2. The van der Waals surface area contributed by atoms with Crippen LogP contribution in [0.5, 0.6) is 17.4 Å². The fourth-order valence-electron chi connectivity index (χ4n) is 3.00. The van der Waals surface area contributed by atoms with Crippen molar-refractivity contribution < 1.29 is 23.0 Å². The lowest BCUT2D eigenvalue weighted by atomic mass is 10.1. The molecule has 0 saturated heterocycles. The van der Waals surface area contributed by atoms with Crippen LogP contribution in [0.4, 0.5) is 0 Å². The van der Waals surface area contributed by atoms with Crippen LogP contribution in [0, 0.1) is 0 Å². The van der Waals surface area contributed by atoms with Gasteiger partial charge in [-0.05, 0) is 30.2 Å². The molecule has 1 aliphatic heterocycles. The Balaban J connectivity index is 1.84. The van der Waals surface area contributed by atoms with Gasteiger partial charge in [-0.3, -0.25) is 19.3 Å². The van der Waals surface area contributed by atoms with Crippen LogP contribution >= 0.6 is 0 Å². The summed E-state index contributed by atoms with van der Waals surface area (Å²) in [6, 6.07) is 4.62. The summed E-state index contributed by atoms with van der Waals surface area (Å²) in [5.41, 5.74) is -0.979. The molecule has 0 spiro atoms. The number of nitrogens with zero attached hydrogens (tertiary/aromatic N) is 2. The van der Waals surface area contributed by atoms with Crippen LogP contribution in [0.15, 0.2) is 44.3 Å². The number of H-pyrrole nitrogens is 1. The second kappa shape index (κ2) is 8.57. The third-order valence-electron chi connectivity index (χ3n) is 4.59. The molecule has 160 valence electrons. The molecule has 2 N–H and O–H groups in total. The molecule has 3 rings (SSSR count). The van der Waals surface area contributed by atoms with Crippen molar-refractivity contribution in [2.24, 2.45) is 4.99 Å². The third kappa shape index (κ3) is 4.62. The molecule has 0 aliphatic carbocycles. The van der Waals surface area contributed by atoms with E-state index in [4.69, 9.17) is 9.47 Å². The summed E-state index contributed by atoms with van der Waals surface area (Å²) in [6.45, 7) is 0.0788. The number of aromatic nitrogens is 2. The highest BCUT2D eigenvalue weighted by atomic mass is 32.2. The standard InChI is InChI=1S/C19H21N3O7S/c1-28-15-4-3-12(9-16(15)29-2)5-7-22-18(24)14(17(23)21-19(22)25)10-20-13-6-8-30(26,27)11-13/h3-4,6,8-10,13,24H,5,7,11H2,1-2H3,(H,21,23,25). The van der Waals surface area contributed by atoms with Crippen molar-refractivity contribution in [1.82, 2.24) is 9.55 Å². The fraction of sp³-hybridized carbons (Fsp3) is 0.316. The van der Waals surface area contributed by atoms with Gasteiger partial charge in [-0.15, -0.1) is 0 Å². The minimum atomic E-state index is -3.30. The van der Waals surface area contributed by atoms with E-state index in [9.17, 15) is 23.1 Å². The molecule has 1 aromatic heterocycles. The smallest absolute Gasteiger partial charge is 0.331 e. The summed E-state index contributed by atoms with van der Waals surface area (Å²) in [5.74, 6) is 0.339. The number of hydrogen-bond donors (Lipinski definition) is 2. The molecule has 2 heterocycles. The molecule has 2 aromatic rings. The molecule has 30 heavy (non-hydrogen) atoms. The number of benzene rings is 1. The predicted octanol–water partition coefficient (Wildman–Crippen LogP) is 0.232. The van der Waals surface area contributed by atoms with Gasteiger partial charge in [0, 0.05) is 18.2 Å². The Kier molecular flexibility index (Phi) is 6.11. The van der Waals surface area contributed by atoms with Crippen molar-refractivity contribution in [1.29, 1.82) is 0 Å². The molecule has 0 fully saturated rings. The van der Waals surface area contributed by atoms with Gasteiger partial charge in [0.15, 0.2) is 21.3 Å². The number of aromatic hydroxyl groups is 1. The predicted molar refractivity (Wildman–Crippen MR) is 111 cm³/mol. The zero-order valence-electron chi connectivity index (χ0n) is 16.4. The molecule has 0 bridgehead atoms. The van der Waals surface area contributed by atoms with Gasteiger partial charge in [-0.1, -0.05) is 6.07 Å². The number of hydrogen-bond acceptors (Lipinski definition) is 8. The van der Waals surface area contributed by atoms with E-state index in [0.717, 1.165) is 21.8 Å². The average molecular weight is 435 g/mol. The highest BCUT2D eigenvalue weighted by Gasteiger charge is 2.21. The van der Waals surface area contributed by atoms with Crippen LogP contribution in [0.25, 0.3) is 0 Å². The molecule has 1 aromatic carbocycles. The summed E-state index contributed by atoms with van der Waals surface area (Å²) >= 11 is 0. The van der Waals surface area contributed by atoms with Crippen molar-refractivity contribution in [3.8, 4) is 17.4 Å². The molecule has 1 aliphatic rings. The lowest BCUT2D eigenvalue weighted by Crippen LogP contribution is -2.32. The summed E-state index contributed by atoms with van der Waals surface area (Å²) in [5, 5.41) is 11.5. The molecule has 11 heteroatoms. The minimum absolute atomic E-state index is 0.0788. The van der Waals surface area contributed by atoms with Crippen molar-refractivity contribution in [3.63, 3.8) is 0 Å². The van der Waals surface area contributed by atoms with E-state index in [-0.39, 0.29) is 17.9 Å².